The molecule has 38 heavy (non-hydrogen) atoms. The number of nitrogens with one attached hydrogen (secondary N) is 2. The van der Waals surface area contributed by atoms with Gasteiger partial charge in [0, 0.05) is 52.9 Å². The lowest BCUT2D eigenvalue weighted by molar-refractivity contribution is -0.183. The summed E-state index contributed by atoms with van der Waals surface area (Å²) in [5, 5.41) is 20.7. The van der Waals surface area contributed by atoms with Crippen molar-refractivity contribution < 1.29 is 5.11 Å². The van der Waals surface area contributed by atoms with E-state index in [2.05, 4.69) is 82.7 Å². The fourth-order valence-corrected chi connectivity index (χ4v) is 9.82. The van der Waals surface area contributed by atoms with Gasteiger partial charge in [-0.3, -0.25) is 9.80 Å². The molecule has 0 radical (unpaired) electrons. The monoisotopic (exact) mass is 533 g/mol. The lowest BCUT2D eigenvalue weighted by atomic mass is 9.74. The van der Waals surface area contributed by atoms with E-state index in [1.807, 2.05) is 0 Å². The minimum Gasteiger partial charge on any atom is -0.375 e. The molecule has 1 atom stereocenters. The van der Waals surface area contributed by atoms with Crippen LogP contribution in [0.1, 0.15) is 152 Å². The van der Waals surface area contributed by atoms with Gasteiger partial charge in [0.15, 0.2) is 0 Å². The third-order valence-electron chi connectivity index (χ3n) is 10.2. The van der Waals surface area contributed by atoms with Crippen molar-refractivity contribution in [3.63, 3.8) is 0 Å². The Kier molecular flexibility index (Phi) is 9.09. The molecule has 2 aliphatic carbocycles. The van der Waals surface area contributed by atoms with Crippen molar-refractivity contribution in [2.75, 3.05) is 6.54 Å². The molecule has 0 amide bonds. The van der Waals surface area contributed by atoms with Gasteiger partial charge in [-0.15, -0.1) is 0 Å². The Bertz CT molecular complexity index is 688. The Morgan fingerprint density at radius 1 is 0.579 bits per heavy atom. The van der Waals surface area contributed by atoms with Gasteiger partial charge in [-0.05, 0) is 114 Å². The molecule has 5 heteroatoms. The summed E-state index contributed by atoms with van der Waals surface area (Å²) >= 11 is 0. The molecule has 0 bridgehead atoms. The fraction of sp³-hybridized carbons (Fsp3) is 1.00. The van der Waals surface area contributed by atoms with E-state index in [-0.39, 0.29) is 22.2 Å². The summed E-state index contributed by atoms with van der Waals surface area (Å²) < 4.78 is 0. The molecule has 0 aromatic rings. The van der Waals surface area contributed by atoms with Gasteiger partial charge in [0.2, 0.25) is 0 Å². The first kappa shape index (κ1) is 30.8. The smallest absolute Gasteiger partial charge is 0.128 e. The highest BCUT2D eigenvalue weighted by Crippen LogP contribution is 2.42. The number of hydrogen-bond acceptors (Lipinski definition) is 5. The number of nitrogens with zero attached hydrogens (tertiary/aromatic N) is 2. The van der Waals surface area contributed by atoms with E-state index in [1.165, 1.54) is 64.2 Å². The van der Waals surface area contributed by atoms with Crippen LogP contribution in [0.5, 0.6) is 0 Å². The average Bonchev–Trinajstić information content (AvgIpc) is 2.74. The highest BCUT2D eigenvalue weighted by Gasteiger charge is 2.51. The van der Waals surface area contributed by atoms with Crippen molar-refractivity contribution in [2.45, 2.75) is 204 Å². The second-order valence-corrected chi connectivity index (χ2v) is 16.8. The summed E-state index contributed by atoms with van der Waals surface area (Å²) in [5.41, 5.74) is -0.677. The van der Waals surface area contributed by atoms with Crippen LogP contribution in [0, 0.1) is 0 Å². The lowest BCUT2D eigenvalue weighted by Crippen LogP contribution is -2.72. The summed E-state index contributed by atoms with van der Waals surface area (Å²) in [4.78, 5) is 5.50. The maximum absolute atomic E-state index is 12.8. The van der Waals surface area contributed by atoms with E-state index in [4.69, 9.17) is 0 Å². The van der Waals surface area contributed by atoms with Crippen molar-refractivity contribution in [3.05, 3.63) is 0 Å². The van der Waals surface area contributed by atoms with Crippen LogP contribution in [0.3, 0.4) is 0 Å². The van der Waals surface area contributed by atoms with Crippen molar-refractivity contribution in [2.24, 2.45) is 0 Å². The molecule has 5 nitrogen and oxygen atoms in total. The van der Waals surface area contributed by atoms with Crippen molar-refractivity contribution in [3.8, 4) is 0 Å². The van der Waals surface area contributed by atoms with Gasteiger partial charge in [0.25, 0.3) is 0 Å². The van der Waals surface area contributed by atoms with Crippen LogP contribution >= 0.6 is 0 Å². The molecule has 2 saturated heterocycles. The summed E-state index contributed by atoms with van der Waals surface area (Å²) in [6.45, 7) is 21.9. The number of piperidine rings is 2. The molecule has 4 aliphatic rings. The van der Waals surface area contributed by atoms with Crippen molar-refractivity contribution in [1.82, 2.24) is 20.4 Å². The second kappa shape index (κ2) is 11.2. The van der Waals surface area contributed by atoms with Crippen molar-refractivity contribution >= 4 is 0 Å². The predicted octanol–water partition coefficient (Wildman–Crippen LogP) is 6.58. The van der Waals surface area contributed by atoms with Crippen LogP contribution in [0.4, 0.5) is 0 Å². The van der Waals surface area contributed by atoms with Gasteiger partial charge in [-0.2, -0.15) is 0 Å². The van der Waals surface area contributed by atoms with Crippen LogP contribution in [0.25, 0.3) is 0 Å². The van der Waals surface area contributed by atoms with E-state index in [1.54, 1.807) is 0 Å². The zero-order valence-corrected chi connectivity index (χ0v) is 26.8. The van der Waals surface area contributed by atoms with Crippen molar-refractivity contribution in [1.29, 1.82) is 0 Å². The summed E-state index contributed by atoms with van der Waals surface area (Å²) in [5.74, 6) is 0. The summed E-state index contributed by atoms with van der Waals surface area (Å²) in [6, 6.07) is 1.99. The fourth-order valence-electron chi connectivity index (χ4n) is 9.82. The molecular weight excluding hydrogens is 468 g/mol. The SMILES string of the molecule is CC1(C)CC(N(C2CC(C)(C)NC(C)(C)C2)C(C)(O)CN(C2CCCCC2)C2CCCCC2)CC(C)(C)N1. The van der Waals surface area contributed by atoms with E-state index >= 15 is 0 Å². The normalized spacial score (nSPS) is 30.9. The molecule has 0 aromatic heterocycles. The molecule has 0 spiro atoms. The molecule has 4 rings (SSSR count). The molecular formula is C33H64N4O. The Morgan fingerprint density at radius 2 is 0.895 bits per heavy atom. The number of hydrogen-bond donors (Lipinski definition) is 3. The van der Waals surface area contributed by atoms with Gasteiger partial charge in [-0.25, -0.2) is 0 Å². The second-order valence-electron chi connectivity index (χ2n) is 16.8. The molecule has 2 saturated carbocycles. The molecule has 4 fully saturated rings. The van der Waals surface area contributed by atoms with Crippen LogP contribution in [0.2, 0.25) is 0 Å². The highest BCUT2D eigenvalue weighted by atomic mass is 16.3. The van der Waals surface area contributed by atoms with Gasteiger partial charge in [-0.1, -0.05) is 38.5 Å². The standard InChI is InChI=1S/C33H64N4O/c1-29(2)20-27(21-30(3,4)34-29)37(28-22-31(5,6)35-32(7,8)23-28)33(9,38)24-36(25-16-12-10-13-17-25)26-18-14-11-15-19-26/h25-28,34-35,38H,10-24H2,1-9H3. The average molecular weight is 533 g/mol. The van der Waals surface area contributed by atoms with Crippen LogP contribution in [-0.2, 0) is 0 Å². The predicted molar refractivity (Wildman–Crippen MR) is 162 cm³/mol. The zero-order valence-electron chi connectivity index (χ0n) is 26.8. The third kappa shape index (κ3) is 7.75. The van der Waals surface area contributed by atoms with E-state index in [9.17, 15) is 5.11 Å². The molecule has 0 aromatic carbocycles. The summed E-state index contributed by atoms with van der Waals surface area (Å²) in [7, 11) is 0. The lowest BCUT2D eigenvalue weighted by Gasteiger charge is -2.59. The van der Waals surface area contributed by atoms with Crippen LogP contribution in [-0.4, -0.2) is 73.5 Å². The Labute approximate surface area is 236 Å². The molecule has 2 aliphatic heterocycles. The Morgan fingerprint density at radius 3 is 1.21 bits per heavy atom. The van der Waals surface area contributed by atoms with Gasteiger partial charge in [0.1, 0.15) is 5.72 Å². The maximum Gasteiger partial charge on any atom is 0.128 e. The first-order chi connectivity index (χ1) is 17.5. The highest BCUT2D eigenvalue weighted by molar-refractivity contribution is 5.08. The maximum atomic E-state index is 12.8. The first-order valence-electron chi connectivity index (χ1n) is 16.3. The molecule has 1 unspecified atom stereocenters. The number of rotatable bonds is 7. The number of aliphatic hydroxyl groups is 1. The van der Waals surface area contributed by atoms with Crippen LogP contribution < -0.4 is 10.6 Å². The largest absolute Gasteiger partial charge is 0.375 e. The minimum absolute atomic E-state index is 0.0468. The van der Waals surface area contributed by atoms with E-state index < -0.39 is 5.72 Å². The molecule has 3 N–H and O–H groups in total. The summed E-state index contributed by atoms with van der Waals surface area (Å²) in [6.07, 6.45) is 17.7. The zero-order chi connectivity index (χ0) is 28.0. The third-order valence-corrected chi connectivity index (χ3v) is 10.2. The Balaban J connectivity index is 1.69. The van der Waals surface area contributed by atoms with Gasteiger partial charge in [0.05, 0.1) is 0 Å². The van der Waals surface area contributed by atoms with Gasteiger partial charge < -0.3 is 15.7 Å². The van der Waals surface area contributed by atoms with E-state index in [0.29, 0.717) is 24.2 Å². The molecule has 2 heterocycles. The topological polar surface area (TPSA) is 50.8 Å². The quantitative estimate of drug-likeness (QED) is 0.323. The Hall–Kier alpha value is -0.200. The first-order valence-corrected chi connectivity index (χ1v) is 16.3. The van der Waals surface area contributed by atoms with E-state index in [0.717, 1.165) is 32.2 Å². The van der Waals surface area contributed by atoms with Crippen LogP contribution in [0.15, 0.2) is 0 Å². The minimum atomic E-state index is -0.864. The van der Waals surface area contributed by atoms with Gasteiger partial charge >= 0.3 is 0 Å². The molecule has 222 valence electrons.